The number of para-hydroxylation sites is 1. The van der Waals surface area contributed by atoms with Crippen LogP contribution in [0.4, 0.5) is 10.1 Å². The van der Waals surface area contributed by atoms with Crippen LogP contribution in [0, 0.1) is 0 Å². The molecule has 1 aliphatic rings. The minimum absolute atomic E-state index is 0.0429. The Balaban J connectivity index is 1.85. The lowest BCUT2D eigenvalue weighted by molar-refractivity contribution is -0.0694. The molecule has 1 aliphatic heterocycles. The number of aromatic carboxylic acids is 1. The van der Waals surface area contributed by atoms with Crippen LogP contribution in [0.25, 0.3) is 0 Å². The number of morpholine rings is 1. The highest BCUT2D eigenvalue weighted by atomic mass is 19.1. The highest BCUT2D eigenvalue weighted by Crippen LogP contribution is 2.23. The molecule has 0 aliphatic carbocycles. The Kier molecular flexibility index (Phi) is 5.08. The second kappa shape index (κ2) is 7.42. The first-order valence-corrected chi connectivity index (χ1v) is 7.78. The van der Waals surface area contributed by atoms with E-state index in [1.54, 1.807) is 29.3 Å². The van der Waals surface area contributed by atoms with Crippen LogP contribution in [0.1, 0.15) is 15.9 Å². The summed E-state index contributed by atoms with van der Waals surface area (Å²) in [6.07, 6.45) is -1.21. The van der Waals surface area contributed by atoms with Crippen LogP contribution in [0.2, 0.25) is 0 Å². The summed E-state index contributed by atoms with van der Waals surface area (Å²) in [6, 6.07) is 16.2. The van der Waals surface area contributed by atoms with E-state index in [-0.39, 0.29) is 12.2 Å². The van der Waals surface area contributed by atoms with Gasteiger partial charge < -0.3 is 9.84 Å². The van der Waals surface area contributed by atoms with Gasteiger partial charge in [-0.05, 0) is 29.8 Å². The van der Waals surface area contributed by atoms with Crippen LogP contribution in [0.15, 0.2) is 54.6 Å². The van der Waals surface area contributed by atoms with Gasteiger partial charge in [-0.15, -0.1) is 0 Å². The quantitative estimate of drug-likeness (QED) is 0.854. The molecule has 1 heterocycles. The number of anilines is 1. The van der Waals surface area contributed by atoms with Crippen molar-refractivity contribution in [2.75, 3.05) is 24.8 Å². The third-order valence-corrected chi connectivity index (χ3v) is 3.94. The van der Waals surface area contributed by atoms with E-state index >= 15 is 0 Å². The van der Waals surface area contributed by atoms with E-state index in [1.165, 1.54) is 0 Å². The van der Waals surface area contributed by atoms with Gasteiger partial charge in [0.1, 0.15) is 0 Å². The van der Waals surface area contributed by atoms with Crippen molar-refractivity contribution < 1.29 is 19.0 Å². The average Bonchev–Trinajstić information content (AvgIpc) is 2.61. The summed E-state index contributed by atoms with van der Waals surface area (Å²) in [7, 11) is 0. The Morgan fingerprint density at radius 2 is 1.92 bits per heavy atom. The van der Waals surface area contributed by atoms with Gasteiger partial charge in [-0.3, -0.25) is 5.01 Å². The van der Waals surface area contributed by atoms with E-state index < -0.39 is 12.3 Å². The highest BCUT2D eigenvalue weighted by Gasteiger charge is 2.28. The van der Waals surface area contributed by atoms with E-state index in [1.807, 2.05) is 35.3 Å². The topological polar surface area (TPSA) is 53.0 Å². The second-order valence-corrected chi connectivity index (χ2v) is 5.57. The van der Waals surface area contributed by atoms with Crippen molar-refractivity contribution in [2.24, 2.45) is 0 Å². The van der Waals surface area contributed by atoms with E-state index in [9.17, 15) is 9.18 Å². The number of carboxylic acids is 1. The fourth-order valence-electron chi connectivity index (χ4n) is 2.69. The zero-order chi connectivity index (χ0) is 16.9. The standard InChI is InChI=1S/C18H19FN2O3/c19-17-13-24-11-10-20(17)21(16-4-2-1-3-5-16)12-14-6-8-15(9-7-14)18(22)23/h1-9,17H,10-13H2,(H,22,23). The molecule has 1 atom stereocenters. The molecular weight excluding hydrogens is 311 g/mol. The van der Waals surface area contributed by atoms with Crippen molar-refractivity contribution in [2.45, 2.75) is 12.8 Å². The van der Waals surface area contributed by atoms with Crippen LogP contribution in [0.3, 0.4) is 0 Å². The van der Waals surface area contributed by atoms with Crippen molar-refractivity contribution in [3.05, 3.63) is 65.7 Å². The maximum absolute atomic E-state index is 14.3. The molecule has 0 spiro atoms. The molecule has 1 N–H and O–H groups in total. The van der Waals surface area contributed by atoms with Crippen LogP contribution in [-0.4, -0.2) is 42.1 Å². The minimum atomic E-state index is -1.21. The number of nitrogens with zero attached hydrogens (tertiary/aromatic N) is 2. The van der Waals surface area contributed by atoms with Crippen molar-refractivity contribution >= 4 is 11.7 Å². The summed E-state index contributed by atoms with van der Waals surface area (Å²) in [5.41, 5.74) is 2.02. The molecule has 1 saturated heterocycles. The first-order chi connectivity index (χ1) is 11.6. The molecule has 2 aromatic carbocycles. The fraction of sp³-hybridized carbons (Fsp3) is 0.278. The second-order valence-electron chi connectivity index (χ2n) is 5.57. The van der Waals surface area contributed by atoms with Crippen molar-refractivity contribution in [3.8, 4) is 0 Å². The number of carboxylic acid groups (broad SMARTS) is 1. The van der Waals surface area contributed by atoms with Gasteiger partial charge in [0, 0.05) is 6.54 Å². The molecule has 2 aromatic rings. The number of hydrogen-bond donors (Lipinski definition) is 1. The summed E-state index contributed by atoms with van der Waals surface area (Å²) in [5.74, 6) is -0.960. The molecule has 0 saturated carbocycles. The smallest absolute Gasteiger partial charge is 0.335 e. The SMILES string of the molecule is O=C(O)c1ccc(CN(c2ccccc2)N2CCOCC2F)cc1. The first kappa shape index (κ1) is 16.4. The number of hydrazine groups is 1. The summed E-state index contributed by atoms with van der Waals surface area (Å²) >= 11 is 0. The number of alkyl halides is 1. The molecule has 0 bridgehead atoms. The first-order valence-electron chi connectivity index (χ1n) is 7.78. The normalized spacial score (nSPS) is 18.3. The molecule has 1 fully saturated rings. The molecular formula is C18H19FN2O3. The Labute approximate surface area is 139 Å². The molecule has 6 heteroatoms. The van der Waals surface area contributed by atoms with Gasteiger partial charge in [0.2, 0.25) is 0 Å². The van der Waals surface area contributed by atoms with Gasteiger partial charge in [0.25, 0.3) is 0 Å². The average molecular weight is 330 g/mol. The predicted molar refractivity (Wildman–Crippen MR) is 88.4 cm³/mol. The van der Waals surface area contributed by atoms with E-state index in [0.717, 1.165) is 11.3 Å². The molecule has 1 unspecified atom stereocenters. The molecule has 5 nitrogen and oxygen atoms in total. The summed E-state index contributed by atoms with van der Waals surface area (Å²) in [4.78, 5) is 11.0. The van der Waals surface area contributed by atoms with Crippen molar-refractivity contribution in [1.29, 1.82) is 0 Å². The summed E-state index contributed by atoms with van der Waals surface area (Å²) in [6.45, 7) is 1.43. The molecule has 3 rings (SSSR count). The predicted octanol–water partition coefficient (Wildman–Crippen LogP) is 2.93. The Hall–Kier alpha value is -2.44. The lowest BCUT2D eigenvalue weighted by atomic mass is 10.1. The van der Waals surface area contributed by atoms with E-state index in [2.05, 4.69) is 0 Å². The van der Waals surface area contributed by atoms with Crippen LogP contribution < -0.4 is 5.01 Å². The Morgan fingerprint density at radius 3 is 2.54 bits per heavy atom. The third kappa shape index (κ3) is 3.72. The number of hydrogen-bond acceptors (Lipinski definition) is 4. The Morgan fingerprint density at radius 1 is 1.21 bits per heavy atom. The number of benzene rings is 2. The van der Waals surface area contributed by atoms with E-state index in [4.69, 9.17) is 9.84 Å². The number of rotatable bonds is 5. The number of ether oxygens (including phenoxy) is 1. The zero-order valence-electron chi connectivity index (χ0n) is 13.1. The fourth-order valence-corrected chi connectivity index (χ4v) is 2.69. The largest absolute Gasteiger partial charge is 0.478 e. The molecule has 0 amide bonds. The van der Waals surface area contributed by atoms with Gasteiger partial charge in [-0.2, -0.15) is 5.01 Å². The highest BCUT2D eigenvalue weighted by molar-refractivity contribution is 5.87. The maximum Gasteiger partial charge on any atom is 0.335 e. The summed E-state index contributed by atoms with van der Waals surface area (Å²) in [5, 5.41) is 12.5. The van der Waals surface area contributed by atoms with Gasteiger partial charge in [-0.25, -0.2) is 9.18 Å². The maximum atomic E-state index is 14.3. The monoisotopic (exact) mass is 330 g/mol. The van der Waals surface area contributed by atoms with E-state index in [0.29, 0.717) is 19.7 Å². The lowest BCUT2D eigenvalue weighted by Crippen LogP contribution is -2.53. The summed E-state index contributed by atoms with van der Waals surface area (Å²) < 4.78 is 19.5. The Bertz CT molecular complexity index is 678. The van der Waals surface area contributed by atoms with Gasteiger partial charge in [0.05, 0.1) is 31.0 Å². The van der Waals surface area contributed by atoms with Gasteiger partial charge in [0.15, 0.2) is 6.30 Å². The van der Waals surface area contributed by atoms with Gasteiger partial charge >= 0.3 is 5.97 Å². The van der Waals surface area contributed by atoms with Crippen LogP contribution in [0.5, 0.6) is 0 Å². The lowest BCUT2D eigenvalue weighted by Gasteiger charge is -2.40. The third-order valence-electron chi connectivity index (χ3n) is 3.94. The minimum Gasteiger partial charge on any atom is -0.478 e. The molecule has 0 aromatic heterocycles. The zero-order valence-corrected chi connectivity index (χ0v) is 13.1. The van der Waals surface area contributed by atoms with Crippen molar-refractivity contribution in [1.82, 2.24) is 5.01 Å². The van der Waals surface area contributed by atoms with Gasteiger partial charge in [-0.1, -0.05) is 30.3 Å². The number of halogens is 1. The molecule has 24 heavy (non-hydrogen) atoms. The van der Waals surface area contributed by atoms with Crippen LogP contribution in [-0.2, 0) is 11.3 Å². The van der Waals surface area contributed by atoms with Crippen molar-refractivity contribution in [3.63, 3.8) is 0 Å². The molecule has 0 radical (unpaired) electrons. The van der Waals surface area contributed by atoms with Crippen LogP contribution >= 0.6 is 0 Å². The molecule has 126 valence electrons. The number of carbonyl (C=O) groups is 1.